The standard InChI is InChI=1S/C12H15N3O2S/c1-2-17-8-3-4-9-10(7-8)18-12(14-9)15-11(16)5-6-13/h3-4,7H,2,5-6,13H2,1H3,(H,14,15,16). The molecule has 5 nitrogen and oxygen atoms in total. The fraction of sp³-hybridized carbons (Fsp3) is 0.333. The van der Waals surface area contributed by atoms with Crippen LogP contribution in [-0.4, -0.2) is 24.0 Å². The summed E-state index contributed by atoms with van der Waals surface area (Å²) < 4.78 is 6.41. The zero-order valence-corrected chi connectivity index (χ0v) is 10.9. The van der Waals surface area contributed by atoms with Gasteiger partial charge in [0.2, 0.25) is 5.91 Å². The first-order valence-electron chi connectivity index (χ1n) is 5.76. The maximum absolute atomic E-state index is 11.4. The van der Waals surface area contributed by atoms with Crippen molar-refractivity contribution in [3.63, 3.8) is 0 Å². The average molecular weight is 265 g/mol. The second kappa shape index (κ2) is 5.79. The summed E-state index contributed by atoms with van der Waals surface area (Å²) in [6.45, 7) is 2.91. The number of carbonyl (C=O) groups is 1. The van der Waals surface area contributed by atoms with Crippen LogP contribution in [0.3, 0.4) is 0 Å². The molecule has 0 saturated heterocycles. The quantitative estimate of drug-likeness (QED) is 0.866. The predicted molar refractivity (Wildman–Crippen MR) is 73.1 cm³/mol. The molecule has 0 spiro atoms. The van der Waals surface area contributed by atoms with Crippen molar-refractivity contribution in [3.05, 3.63) is 18.2 Å². The van der Waals surface area contributed by atoms with Gasteiger partial charge in [0, 0.05) is 13.0 Å². The van der Waals surface area contributed by atoms with Gasteiger partial charge in [-0.15, -0.1) is 0 Å². The van der Waals surface area contributed by atoms with Crippen LogP contribution in [0.1, 0.15) is 13.3 Å². The molecule has 0 aliphatic carbocycles. The molecule has 1 heterocycles. The van der Waals surface area contributed by atoms with Gasteiger partial charge in [-0.1, -0.05) is 11.3 Å². The second-order valence-electron chi connectivity index (χ2n) is 3.67. The monoisotopic (exact) mass is 265 g/mol. The van der Waals surface area contributed by atoms with Crippen molar-refractivity contribution in [2.75, 3.05) is 18.5 Å². The highest BCUT2D eigenvalue weighted by Crippen LogP contribution is 2.29. The number of rotatable bonds is 5. The number of hydrogen-bond donors (Lipinski definition) is 2. The van der Waals surface area contributed by atoms with Crippen molar-refractivity contribution >= 4 is 32.6 Å². The lowest BCUT2D eigenvalue weighted by Crippen LogP contribution is -2.15. The fourth-order valence-corrected chi connectivity index (χ4v) is 2.44. The van der Waals surface area contributed by atoms with E-state index in [1.165, 1.54) is 11.3 Å². The van der Waals surface area contributed by atoms with Crippen molar-refractivity contribution in [2.45, 2.75) is 13.3 Å². The normalized spacial score (nSPS) is 10.6. The van der Waals surface area contributed by atoms with Crippen molar-refractivity contribution in [2.24, 2.45) is 5.73 Å². The fourth-order valence-electron chi connectivity index (χ4n) is 1.53. The molecular weight excluding hydrogens is 250 g/mol. The van der Waals surface area contributed by atoms with Crippen LogP contribution in [0, 0.1) is 0 Å². The van der Waals surface area contributed by atoms with Crippen LogP contribution in [0.5, 0.6) is 5.75 Å². The van der Waals surface area contributed by atoms with Crippen LogP contribution in [0.4, 0.5) is 5.13 Å². The summed E-state index contributed by atoms with van der Waals surface area (Å²) in [5, 5.41) is 3.33. The number of hydrogen-bond acceptors (Lipinski definition) is 5. The minimum absolute atomic E-state index is 0.110. The molecule has 0 aliphatic heterocycles. The molecule has 2 aromatic rings. The largest absolute Gasteiger partial charge is 0.494 e. The molecule has 0 radical (unpaired) electrons. The summed E-state index contributed by atoms with van der Waals surface area (Å²) in [4.78, 5) is 15.7. The molecule has 0 unspecified atom stereocenters. The highest BCUT2D eigenvalue weighted by molar-refractivity contribution is 7.22. The molecule has 96 valence electrons. The minimum atomic E-state index is -0.110. The maximum Gasteiger partial charge on any atom is 0.227 e. The Labute approximate surface area is 109 Å². The van der Waals surface area contributed by atoms with Gasteiger partial charge in [0.05, 0.1) is 16.8 Å². The third-order valence-corrected chi connectivity index (χ3v) is 3.22. The predicted octanol–water partition coefficient (Wildman–Crippen LogP) is 1.98. The van der Waals surface area contributed by atoms with Crippen LogP contribution in [0.25, 0.3) is 10.2 Å². The number of fused-ring (bicyclic) bond motifs is 1. The molecule has 0 bridgehead atoms. The Hall–Kier alpha value is -1.66. The number of benzene rings is 1. The van der Waals surface area contributed by atoms with Gasteiger partial charge in [-0.3, -0.25) is 4.79 Å². The third-order valence-electron chi connectivity index (χ3n) is 2.29. The number of nitrogens with one attached hydrogen (secondary N) is 1. The molecule has 6 heteroatoms. The maximum atomic E-state index is 11.4. The molecule has 18 heavy (non-hydrogen) atoms. The smallest absolute Gasteiger partial charge is 0.227 e. The van der Waals surface area contributed by atoms with E-state index in [0.717, 1.165) is 16.0 Å². The van der Waals surface area contributed by atoms with Crippen molar-refractivity contribution in [3.8, 4) is 5.75 Å². The van der Waals surface area contributed by atoms with E-state index < -0.39 is 0 Å². The lowest BCUT2D eigenvalue weighted by Gasteiger charge is -2.00. The first kappa shape index (κ1) is 12.8. The summed E-state index contributed by atoms with van der Waals surface area (Å²) >= 11 is 1.43. The molecule has 0 atom stereocenters. The topological polar surface area (TPSA) is 77.2 Å². The van der Waals surface area contributed by atoms with Gasteiger partial charge >= 0.3 is 0 Å². The number of amides is 1. The number of carbonyl (C=O) groups excluding carboxylic acids is 1. The van der Waals surface area contributed by atoms with Crippen LogP contribution in [-0.2, 0) is 4.79 Å². The number of aromatic nitrogens is 1. The van der Waals surface area contributed by atoms with Crippen LogP contribution in [0.2, 0.25) is 0 Å². The van der Waals surface area contributed by atoms with Crippen LogP contribution in [0.15, 0.2) is 18.2 Å². The van der Waals surface area contributed by atoms with E-state index in [1.807, 2.05) is 25.1 Å². The first-order valence-corrected chi connectivity index (χ1v) is 6.58. The van der Waals surface area contributed by atoms with Gasteiger partial charge in [-0.2, -0.15) is 0 Å². The van der Waals surface area contributed by atoms with Crippen molar-refractivity contribution in [1.29, 1.82) is 0 Å². The number of ether oxygens (including phenoxy) is 1. The second-order valence-corrected chi connectivity index (χ2v) is 4.70. The Morgan fingerprint density at radius 1 is 1.56 bits per heavy atom. The van der Waals surface area contributed by atoms with Gasteiger partial charge in [-0.25, -0.2) is 4.98 Å². The Bertz CT molecular complexity index is 553. The van der Waals surface area contributed by atoms with E-state index in [2.05, 4.69) is 10.3 Å². The summed E-state index contributed by atoms with van der Waals surface area (Å²) in [6.07, 6.45) is 0.306. The Morgan fingerprint density at radius 2 is 2.39 bits per heavy atom. The van der Waals surface area contributed by atoms with E-state index in [9.17, 15) is 4.79 Å². The van der Waals surface area contributed by atoms with E-state index in [4.69, 9.17) is 10.5 Å². The molecule has 1 aromatic heterocycles. The molecule has 0 aliphatic rings. The van der Waals surface area contributed by atoms with E-state index in [-0.39, 0.29) is 5.91 Å². The van der Waals surface area contributed by atoms with Crippen molar-refractivity contribution < 1.29 is 9.53 Å². The highest BCUT2D eigenvalue weighted by Gasteiger charge is 2.07. The van der Waals surface area contributed by atoms with Gasteiger partial charge in [0.25, 0.3) is 0 Å². The van der Waals surface area contributed by atoms with Crippen LogP contribution < -0.4 is 15.8 Å². The summed E-state index contributed by atoms with van der Waals surface area (Å²) in [5.74, 6) is 0.704. The lowest BCUT2D eigenvalue weighted by molar-refractivity contribution is -0.116. The SMILES string of the molecule is CCOc1ccc2nc(NC(=O)CCN)sc2c1. The molecule has 1 aromatic carbocycles. The molecule has 3 N–H and O–H groups in total. The van der Waals surface area contributed by atoms with E-state index in [0.29, 0.717) is 24.7 Å². The van der Waals surface area contributed by atoms with Crippen molar-refractivity contribution in [1.82, 2.24) is 4.98 Å². The number of anilines is 1. The minimum Gasteiger partial charge on any atom is -0.494 e. The highest BCUT2D eigenvalue weighted by atomic mass is 32.1. The first-order chi connectivity index (χ1) is 8.72. The third kappa shape index (κ3) is 2.96. The van der Waals surface area contributed by atoms with Gasteiger partial charge in [0.1, 0.15) is 5.75 Å². The molecule has 2 rings (SSSR count). The molecule has 0 saturated carbocycles. The lowest BCUT2D eigenvalue weighted by atomic mass is 10.3. The Kier molecular flexibility index (Phi) is 4.11. The zero-order chi connectivity index (χ0) is 13.0. The van der Waals surface area contributed by atoms with Gasteiger partial charge in [-0.05, 0) is 25.1 Å². The number of thiazole rings is 1. The Balaban J connectivity index is 2.19. The van der Waals surface area contributed by atoms with Gasteiger partial charge in [0.15, 0.2) is 5.13 Å². The van der Waals surface area contributed by atoms with E-state index >= 15 is 0 Å². The zero-order valence-electron chi connectivity index (χ0n) is 10.1. The van der Waals surface area contributed by atoms with Gasteiger partial charge < -0.3 is 15.8 Å². The average Bonchev–Trinajstić information content (AvgIpc) is 2.71. The van der Waals surface area contributed by atoms with Crippen LogP contribution >= 0.6 is 11.3 Å². The molecule has 1 amide bonds. The summed E-state index contributed by atoms with van der Waals surface area (Å²) in [6, 6.07) is 5.68. The molecular formula is C12H15N3O2S. The number of nitrogens with zero attached hydrogens (tertiary/aromatic N) is 1. The molecule has 0 fully saturated rings. The summed E-state index contributed by atoms with van der Waals surface area (Å²) in [5.41, 5.74) is 6.17. The van der Waals surface area contributed by atoms with E-state index in [1.54, 1.807) is 0 Å². The number of nitrogens with two attached hydrogens (primary N) is 1. The Morgan fingerprint density at radius 3 is 3.11 bits per heavy atom. The summed E-state index contributed by atoms with van der Waals surface area (Å²) in [7, 11) is 0.